The van der Waals surface area contributed by atoms with Crippen LogP contribution in [0.1, 0.15) is 15.9 Å². The number of nitrogens with zero attached hydrogens (tertiary/aromatic N) is 2. The minimum absolute atomic E-state index is 0.0348. The van der Waals surface area contributed by atoms with Gasteiger partial charge in [-0.3, -0.25) is 25.0 Å². The maximum absolute atomic E-state index is 12.1. The van der Waals surface area contributed by atoms with Crippen LogP contribution >= 0.6 is 0 Å². The number of rotatable bonds is 6. The molecule has 8 nitrogen and oxygen atoms in total. The van der Waals surface area contributed by atoms with Crippen molar-refractivity contribution in [3.05, 3.63) is 73.8 Å². The number of Topliss-reactive ketones (excluding diaryl/α,β-unsaturated/α-hetero) is 1. The van der Waals surface area contributed by atoms with Crippen molar-refractivity contribution in [1.82, 2.24) is 0 Å². The highest BCUT2D eigenvalue weighted by molar-refractivity contribution is 5.98. The van der Waals surface area contributed by atoms with Gasteiger partial charge in [-0.15, -0.1) is 0 Å². The lowest BCUT2D eigenvalue weighted by molar-refractivity contribution is -0.385. The molecule has 23 heavy (non-hydrogen) atoms. The summed E-state index contributed by atoms with van der Waals surface area (Å²) in [5.74, 6) is -0.543. The average molecular weight is 316 g/mol. The molecule has 0 saturated carbocycles. The van der Waals surface area contributed by atoms with Crippen molar-refractivity contribution in [3.63, 3.8) is 0 Å². The number of hydrogen-bond donors (Lipinski definition) is 0. The summed E-state index contributed by atoms with van der Waals surface area (Å²) in [6.45, 7) is 1.11. The van der Waals surface area contributed by atoms with Crippen LogP contribution in [0.15, 0.2) is 42.5 Å². The minimum Gasteiger partial charge on any atom is -0.478 e. The van der Waals surface area contributed by atoms with Crippen molar-refractivity contribution in [1.29, 1.82) is 0 Å². The number of hydrogen-bond acceptors (Lipinski definition) is 6. The third kappa shape index (κ3) is 3.67. The van der Waals surface area contributed by atoms with Gasteiger partial charge in [-0.1, -0.05) is 24.3 Å². The molecule has 0 aliphatic rings. The predicted molar refractivity (Wildman–Crippen MR) is 80.8 cm³/mol. The van der Waals surface area contributed by atoms with E-state index < -0.39 is 22.2 Å². The summed E-state index contributed by atoms with van der Waals surface area (Å²) < 4.78 is 5.18. The number of ketones is 1. The number of carbonyl (C=O) groups excluding carboxylic acids is 1. The molecule has 0 radical (unpaired) electrons. The molecule has 2 aromatic carbocycles. The molecule has 0 fully saturated rings. The first-order valence-corrected chi connectivity index (χ1v) is 6.54. The van der Waals surface area contributed by atoms with Crippen LogP contribution in [-0.4, -0.2) is 22.2 Å². The van der Waals surface area contributed by atoms with E-state index in [-0.39, 0.29) is 22.7 Å². The fourth-order valence-electron chi connectivity index (χ4n) is 1.94. The van der Waals surface area contributed by atoms with Crippen LogP contribution in [0.5, 0.6) is 5.75 Å². The van der Waals surface area contributed by atoms with Crippen LogP contribution in [0.3, 0.4) is 0 Å². The fourth-order valence-corrected chi connectivity index (χ4v) is 1.94. The second-order valence-corrected chi connectivity index (χ2v) is 4.70. The van der Waals surface area contributed by atoms with E-state index in [0.717, 1.165) is 0 Å². The first kappa shape index (κ1) is 16.1. The van der Waals surface area contributed by atoms with Crippen LogP contribution in [0.2, 0.25) is 0 Å². The highest BCUT2D eigenvalue weighted by Crippen LogP contribution is 2.26. The van der Waals surface area contributed by atoms with Crippen LogP contribution in [0.25, 0.3) is 0 Å². The largest absolute Gasteiger partial charge is 0.478 e. The van der Waals surface area contributed by atoms with Crippen molar-refractivity contribution in [2.45, 2.75) is 6.92 Å². The van der Waals surface area contributed by atoms with Gasteiger partial charge in [0.1, 0.15) is 0 Å². The first-order valence-electron chi connectivity index (χ1n) is 6.54. The van der Waals surface area contributed by atoms with E-state index in [1.165, 1.54) is 36.4 Å². The number of ether oxygens (including phenoxy) is 1. The van der Waals surface area contributed by atoms with Crippen LogP contribution in [0.4, 0.5) is 11.4 Å². The summed E-state index contributed by atoms with van der Waals surface area (Å²) in [5.41, 5.74) is 0.128. The number of nitro groups is 2. The predicted octanol–water partition coefficient (Wildman–Crippen LogP) is 3.07. The van der Waals surface area contributed by atoms with Crippen LogP contribution in [0, 0.1) is 27.2 Å². The monoisotopic (exact) mass is 316 g/mol. The van der Waals surface area contributed by atoms with E-state index in [1.807, 2.05) is 0 Å². The van der Waals surface area contributed by atoms with E-state index in [2.05, 4.69) is 0 Å². The lowest BCUT2D eigenvalue weighted by atomic mass is 10.1. The van der Waals surface area contributed by atoms with E-state index in [0.29, 0.717) is 5.56 Å². The Labute approximate surface area is 130 Å². The Bertz CT molecular complexity index is 787. The van der Waals surface area contributed by atoms with Crippen LogP contribution < -0.4 is 4.74 Å². The summed E-state index contributed by atoms with van der Waals surface area (Å²) in [7, 11) is 0. The van der Waals surface area contributed by atoms with E-state index in [4.69, 9.17) is 4.74 Å². The molecule has 118 valence electrons. The van der Waals surface area contributed by atoms with Gasteiger partial charge < -0.3 is 4.74 Å². The van der Waals surface area contributed by atoms with Crippen molar-refractivity contribution >= 4 is 17.2 Å². The maximum Gasteiger partial charge on any atom is 0.310 e. The third-order valence-corrected chi connectivity index (χ3v) is 3.15. The number of para-hydroxylation sites is 2. The Morgan fingerprint density at radius 2 is 1.70 bits per heavy atom. The number of nitro benzene ring substituents is 2. The molecule has 0 amide bonds. The van der Waals surface area contributed by atoms with Gasteiger partial charge in [0, 0.05) is 23.3 Å². The van der Waals surface area contributed by atoms with Gasteiger partial charge >= 0.3 is 5.69 Å². The third-order valence-electron chi connectivity index (χ3n) is 3.15. The molecule has 0 aromatic heterocycles. The molecule has 0 bridgehead atoms. The standard InChI is InChI=1S/C15H12N2O6/c1-10-6-7-11(8-13(10)17(21)22)14(18)9-23-15-5-3-2-4-12(15)16(19)20/h2-8H,9H2,1H3. The Morgan fingerprint density at radius 3 is 2.35 bits per heavy atom. The summed E-state index contributed by atoms with van der Waals surface area (Å²) >= 11 is 0. The highest BCUT2D eigenvalue weighted by atomic mass is 16.6. The molecule has 0 heterocycles. The molecule has 0 aliphatic carbocycles. The molecule has 0 saturated heterocycles. The van der Waals surface area contributed by atoms with Gasteiger partial charge in [-0.25, -0.2) is 0 Å². The molecule has 0 aliphatic heterocycles. The zero-order valence-corrected chi connectivity index (χ0v) is 12.1. The average Bonchev–Trinajstić information content (AvgIpc) is 2.52. The summed E-state index contributed by atoms with van der Waals surface area (Å²) in [5, 5.41) is 21.7. The molecule has 2 rings (SSSR count). The van der Waals surface area contributed by atoms with Crippen LogP contribution in [-0.2, 0) is 0 Å². The topological polar surface area (TPSA) is 113 Å². The number of benzene rings is 2. The second-order valence-electron chi connectivity index (χ2n) is 4.70. The van der Waals surface area contributed by atoms with Gasteiger partial charge in [0.05, 0.1) is 9.85 Å². The molecular weight excluding hydrogens is 304 g/mol. The van der Waals surface area contributed by atoms with Gasteiger partial charge in [-0.2, -0.15) is 0 Å². The molecule has 0 spiro atoms. The Hall–Kier alpha value is -3.29. The van der Waals surface area contributed by atoms with Gasteiger partial charge in [0.15, 0.2) is 18.1 Å². The summed E-state index contributed by atoms with van der Waals surface area (Å²) in [4.78, 5) is 32.6. The molecule has 8 heteroatoms. The van der Waals surface area contributed by atoms with Gasteiger partial charge in [-0.05, 0) is 13.0 Å². The first-order chi connectivity index (χ1) is 10.9. The van der Waals surface area contributed by atoms with Crippen molar-refractivity contribution in [3.8, 4) is 5.75 Å². The zero-order chi connectivity index (χ0) is 17.0. The molecule has 2 aromatic rings. The summed E-state index contributed by atoms with van der Waals surface area (Å²) in [6, 6.07) is 9.75. The van der Waals surface area contributed by atoms with Gasteiger partial charge in [0.2, 0.25) is 0 Å². The number of carbonyl (C=O) groups is 1. The van der Waals surface area contributed by atoms with E-state index in [1.54, 1.807) is 13.0 Å². The Morgan fingerprint density at radius 1 is 1.04 bits per heavy atom. The lowest BCUT2D eigenvalue weighted by Gasteiger charge is -2.06. The maximum atomic E-state index is 12.1. The van der Waals surface area contributed by atoms with E-state index >= 15 is 0 Å². The molecular formula is C15H12N2O6. The molecule has 0 N–H and O–H groups in total. The number of aryl methyl sites for hydroxylation is 1. The van der Waals surface area contributed by atoms with Crippen molar-refractivity contribution < 1.29 is 19.4 Å². The SMILES string of the molecule is Cc1ccc(C(=O)COc2ccccc2[N+](=O)[O-])cc1[N+](=O)[O-]. The van der Waals surface area contributed by atoms with Crippen molar-refractivity contribution in [2.24, 2.45) is 0 Å². The normalized spacial score (nSPS) is 10.1. The molecule has 0 atom stereocenters. The smallest absolute Gasteiger partial charge is 0.310 e. The van der Waals surface area contributed by atoms with Gasteiger partial charge in [0.25, 0.3) is 5.69 Å². The fraction of sp³-hybridized carbons (Fsp3) is 0.133. The zero-order valence-electron chi connectivity index (χ0n) is 12.1. The Kier molecular flexibility index (Phi) is 4.65. The summed E-state index contributed by atoms with van der Waals surface area (Å²) in [6.07, 6.45) is 0. The van der Waals surface area contributed by atoms with E-state index in [9.17, 15) is 25.0 Å². The highest BCUT2D eigenvalue weighted by Gasteiger charge is 2.18. The minimum atomic E-state index is -0.615. The quantitative estimate of drug-likeness (QED) is 0.460. The van der Waals surface area contributed by atoms with Crippen molar-refractivity contribution in [2.75, 3.05) is 6.61 Å². The lowest BCUT2D eigenvalue weighted by Crippen LogP contribution is -2.12. The molecule has 0 unspecified atom stereocenters. The second kappa shape index (κ2) is 6.65. The Balaban J connectivity index is 2.16.